The third-order valence-electron chi connectivity index (χ3n) is 8.19. The van der Waals surface area contributed by atoms with E-state index in [2.05, 4.69) is 48.4 Å². The Morgan fingerprint density at radius 1 is 1.12 bits per heavy atom. The topological polar surface area (TPSA) is 62.2 Å². The van der Waals surface area contributed by atoms with Crippen molar-refractivity contribution < 1.29 is 9.90 Å². The fraction of sp³-hybridized carbons (Fsp3) is 0.379. The number of carbonyl (C=O) groups excluding carboxylic acids is 1. The zero-order valence-electron chi connectivity index (χ0n) is 19.5. The standard InChI is InChI=1S/C29H32N2O2/c1-19-22-4-3-14-29(19,2)26-17-24(10-9-23(26)16-22)28(33)30-15-13-20-5-7-21(8-6-20)25-11-12-27(32)31-18-25/h5-12,17-19,22H,3-4,13-16H2,1-2H3,(H,30,33)(H,31,32)/t19-,22+,29-/m0/s1. The number of hydrogen-bond acceptors (Lipinski definition) is 3. The fourth-order valence-electron chi connectivity index (χ4n) is 5.94. The smallest absolute Gasteiger partial charge is 0.251 e. The number of aromatic nitrogens is 1. The lowest BCUT2D eigenvalue weighted by molar-refractivity contribution is 0.0952. The molecule has 1 amide bonds. The first-order chi connectivity index (χ1) is 15.9. The van der Waals surface area contributed by atoms with E-state index >= 15 is 0 Å². The highest BCUT2D eigenvalue weighted by atomic mass is 16.3. The molecule has 33 heavy (non-hydrogen) atoms. The minimum atomic E-state index is 0.0128. The van der Waals surface area contributed by atoms with Crippen molar-refractivity contribution in [2.75, 3.05) is 6.54 Å². The first kappa shape index (κ1) is 21.7. The second-order valence-electron chi connectivity index (χ2n) is 10.0. The number of carbonyl (C=O) groups is 1. The van der Waals surface area contributed by atoms with Crippen molar-refractivity contribution in [2.45, 2.75) is 51.4 Å². The van der Waals surface area contributed by atoms with Crippen LogP contribution in [-0.4, -0.2) is 22.5 Å². The fourth-order valence-corrected chi connectivity index (χ4v) is 5.94. The molecule has 2 N–H and O–H groups in total. The van der Waals surface area contributed by atoms with Crippen molar-refractivity contribution in [1.82, 2.24) is 10.3 Å². The van der Waals surface area contributed by atoms with Crippen LogP contribution in [0.25, 0.3) is 11.1 Å². The summed E-state index contributed by atoms with van der Waals surface area (Å²) in [7, 11) is 0. The van der Waals surface area contributed by atoms with E-state index in [1.807, 2.05) is 24.3 Å². The number of fused-ring (bicyclic) bond motifs is 4. The molecule has 0 saturated heterocycles. The summed E-state index contributed by atoms with van der Waals surface area (Å²) in [6, 6.07) is 18.1. The van der Waals surface area contributed by atoms with Crippen LogP contribution in [0.1, 0.15) is 60.2 Å². The first-order valence-corrected chi connectivity index (χ1v) is 12.1. The van der Waals surface area contributed by atoms with E-state index in [-0.39, 0.29) is 17.2 Å². The van der Waals surface area contributed by atoms with Crippen LogP contribution in [0.3, 0.4) is 0 Å². The normalized spacial score (nSPS) is 23.6. The van der Waals surface area contributed by atoms with E-state index in [0.29, 0.717) is 12.5 Å². The van der Waals surface area contributed by atoms with Gasteiger partial charge in [-0.05, 0) is 83.4 Å². The van der Waals surface area contributed by atoms with Gasteiger partial charge >= 0.3 is 0 Å². The lowest BCUT2D eigenvalue weighted by Crippen LogP contribution is -2.44. The molecule has 0 aliphatic heterocycles. The van der Waals surface area contributed by atoms with Gasteiger partial charge in [-0.2, -0.15) is 0 Å². The van der Waals surface area contributed by atoms with Crippen LogP contribution in [0.5, 0.6) is 5.88 Å². The number of benzene rings is 2. The number of amides is 1. The highest BCUT2D eigenvalue weighted by Gasteiger charge is 2.45. The number of nitrogens with one attached hydrogen (secondary N) is 1. The first-order valence-electron chi connectivity index (χ1n) is 12.1. The quantitative estimate of drug-likeness (QED) is 0.537. The van der Waals surface area contributed by atoms with Crippen LogP contribution in [-0.2, 0) is 18.3 Å². The van der Waals surface area contributed by atoms with Gasteiger partial charge in [0.25, 0.3) is 5.91 Å². The molecule has 0 unspecified atom stereocenters. The van der Waals surface area contributed by atoms with Crippen LogP contribution < -0.4 is 5.32 Å². The lowest BCUT2D eigenvalue weighted by Gasteiger charge is -2.50. The van der Waals surface area contributed by atoms with Gasteiger partial charge in [-0.25, -0.2) is 4.98 Å². The highest BCUT2D eigenvalue weighted by Crippen LogP contribution is 2.52. The maximum absolute atomic E-state index is 12.9. The molecule has 2 bridgehead atoms. The number of rotatable bonds is 5. The van der Waals surface area contributed by atoms with E-state index < -0.39 is 0 Å². The van der Waals surface area contributed by atoms with Crippen LogP contribution in [0.4, 0.5) is 0 Å². The molecule has 2 aliphatic carbocycles. The van der Waals surface area contributed by atoms with Gasteiger partial charge in [-0.3, -0.25) is 4.79 Å². The Kier molecular flexibility index (Phi) is 5.69. The van der Waals surface area contributed by atoms with Crippen molar-refractivity contribution >= 4 is 5.91 Å². The molecule has 2 aromatic carbocycles. The summed E-state index contributed by atoms with van der Waals surface area (Å²) < 4.78 is 0. The second kappa shape index (κ2) is 8.66. The molecule has 0 radical (unpaired) electrons. The van der Waals surface area contributed by atoms with E-state index in [9.17, 15) is 9.90 Å². The number of pyridine rings is 1. The Morgan fingerprint density at radius 2 is 1.91 bits per heavy atom. The molecular weight excluding hydrogens is 408 g/mol. The number of aromatic hydroxyl groups is 1. The van der Waals surface area contributed by atoms with Gasteiger partial charge in [0, 0.05) is 29.9 Å². The zero-order valence-corrected chi connectivity index (χ0v) is 19.5. The summed E-state index contributed by atoms with van der Waals surface area (Å²) in [4.78, 5) is 16.8. The molecule has 4 nitrogen and oxygen atoms in total. The van der Waals surface area contributed by atoms with Gasteiger partial charge in [0.1, 0.15) is 0 Å². The third kappa shape index (κ3) is 4.15. The molecule has 3 aromatic rings. The van der Waals surface area contributed by atoms with Gasteiger partial charge < -0.3 is 10.4 Å². The SMILES string of the molecule is C[C@H]1[C@@H]2CCC[C@]1(C)c1cc(C(=O)NCCc3ccc(-c4ccc(O)nc4)cc3)ccc1C2. The molecule has 1 aromatic heterocycles. The molecule has 4 heteroatoms. The number of nitrogens with zero attached hydrogens (tertiary/aromatic N) is 1. The van der Waals surface area contributed by atoms with Crippen molar-refractivity contribution in [3.63, 3.8) is 0 Å². The summed E-state index contributed by atoms with van der Waals surface area (Å²) in [5.41, 5.74) is 7.01. The van der Waals surface area contributed by atoms with Gasteiger partial charge in [0.15, 0.2) is 0 Å². The van der Waals surface area contributed by atoms with Crippen LogP contribution >= 0.6 is 0 Å². The van der Waals surface area contributed by atoms with Gasteiger partial charge in [0.2, 0.25) is 5.88 Å². The summed E-state index contributed by atoms with van der Waals surface area (Å²) in [6.07, 6.45) is 7.46. The maximum Gasteiger partial charge on any atom is 0.251 e. The summed E-state index contributed by atoms with van der Waals surface area (Å²) in [6.45, 7) is 5.41. The Bertz CT molecular complexity index is 1150. The van der Waals surface area contributed by atoms with Gasteiger partial charge in [-0.15, -0.1) is 0 Å². The molecule has 170 valence electrons. The number of hydrogen-bond donors (Lipinski definition) is 2. The maximum atomic E-state index is 12.9. The predicted octanol–water partition coefficient (Wildman–Crippen LogP) is 5.68. The molecule has 0 spiro atoms. The van der Waals surface area contributed by atoms with E-state index in [1.54, 1.807) is 12.3 Å². The Balaban J connectivity index is 1.22. The molecule has 1 fully saturated rings. The predicted molar refractivity (Wildman–Crippen MR) is 131 cm³/mol. The van der Waals surface area contributed by atoms with Crippen molar-refractivity contribution in [1.29, 1.82) is 0 Å². The molecule has 3 atom stereocenters. The third-order valence-corrected chi connectivity index (χ3v) is 8.19. The molecule has 1 heterocycles. The zero-order chi connectivity index (χ0) is 23.0. The van der Waals surface area contributed by atoms with Crippen molar-refractivity contribution in [3.8, 4) is 17.0 Å². The van der Waals surface area contributed by atoms with E-state index in [0.717, 1.165) is 35.4 Å². The highest BCUT2D eigenvalue weighted by molar-refractivity contribution is 5.94. The Morgan fingerprint density at radius 3 is 2.67 bits per heavy atom. The van der Waals surface area contributed by atoms with Crippen LogP contribution in [0, 0.1) is 11.8 Å². The Hall–Kier alpha value is -3.14. The second-order valence-corrected chi connectivity index (χ2v) is 10.0. The van der Waals surface area contributed by atoms with E-state index in [1.165, 1.54) is 36.0 Å². The summed E-state index contributed by atoms with van der Waals surface area (Å²) in [5, 5.41) is 12.5. The minimum absolute atomic E-state index is 0.0128. The minimum Gasteiger partial charge on any atom is -0.493 e. The van der Waals surface area contributed by atoms with E-state index in [4.69, 9.17) is 0 Å². The largest absolute Gasteiger partial charge is 0.493 e. The summed E-state index contributed by atoms with van der Waals surface area (Å²) in [5.74, 6) is 1.50. The molecule has 5 rings (SSSR count). The van der Waals surface area contributed by atoms with Gasteiger partial charge in [-0.1, -0.05) is 50.6 Å². The van der Waals surface area contributed by atoms with Gasteiger partial charge in [0.05, 0.1) is 0 Å². The molecule has 2 aliphatic rings. The lowest BCUT2D eigenvalue weighted by atomic mass is 9.54. The van der Waals surface area contributed by atoms with Crippen LogP contribution in [0.2, 0.25) is 0 Å². The molecular formula is C29H32N2O2. The Labute approximate surface area is 196 Å². The molecule has 1 saturated carbocycles. The monoisotopic (exact) mass is 440 g/mol. The van der Waals surface area contributed by atoms with Crippen molar-refractivity contribution in [2.24, 2.45) is 11.8 Å². The average molecular weight is 441 g/mol. The summed E-state index contributed by atoms with van der Waals surface area (Å²) >= 11 is 0. The van der Waals surface area contributed by atoms with Crippen molar-refractivity contribution in [3.05, 3.63) is 83.0 Å². The van der Waals surface area contributed by atoms with Crippen LogP contribution in [0.15, 0.2) is 60.8 Å². The average Bonchev–Trinajstić information content (AvgIpc) is 2.82.